The lowest BCUT2D eigenvalue weighted by Crippen LogP contribution is -2.52. The van der Waals surface area contributed by atoms with Crippen molar-refractivity contribution in [1.29, 1.82) is 0 Å². The summed E-state index contributed by atoms with van der Waals surface area (Å²) in [5, 5.41) is -0.303. The van der Waals surface area contributed by atoms with E-state index in [4.69, 9.17) is 29.7 Å². The van der Waals surface area contributed by atoms with Gasteiger partial charge < -0.3 is 47.5 Å². The Labute approximate surface area is 390 Å². The number of rotatable bonds is 4. The van der Waals surface area contributed by atoms with Crippen LogP contribution in [0.1, 0.15) is 113 Å². The van der Waals surface area contributed by atoms with Gasteiger partial charge in [0.05, 0.1) is 58.6 Å². The summed E-state index contributed by atoms with van der Waals surface area (Å²) < 4.78 is 23.0. The largest absolute Gasteiger partial charge is 0.494 e. The number of benzene rings is 2. The zero-order valence-electron chi connectivity index (χ0n) is 38.9. The first-order valence-corrected chi connectivity index (χ1v) is 22.8. The number of nitrogens with zero attached hydrogens (tertiary/aromatic N) is 6. The van der Waals surface area contributed by atoms with E-state index in [2.05, 4.69) is 0 Å². The standard InChI is InChI=1S/C22H27BN2O5.C21H23N3O4.C5H8ClNO/c1-14-13-24(20(27)19-8-7-11-28-19)18-12-16(9-10-17(18)25(14)15(2)26)23-29-21(3,4)22(5,6)30-23;1-14-13-23(21(27)19-6-5-11-28-19)18-12-16(20(26)22-9-3-4-10-22)7-8-17(18)24(14)15(2)25;6-5(8)7-3-1-2-4-7/h7-12,14H,13H2,1-6H3;5-8,11-12,14H,3-4,9-10,13H2,1-2H3;1-4H2/t2*14-;/m00./s1. The molecule has 16 nitrogen and oxygen atoms in total. The molecule has 0 saturated carbocycles. The van der Waals surface area contributed by atoms with E-state index in [0.717, 1.165) is 57.3 Å². The molecule has 7 heterocycles. The molecule has 0 unspecified atom stereocenters. The average Bonchev–Trinajstić information content (AvgIpc) is 4.14. The fraction of sp³-hybridized carbons (Fsp3) is 0.458. The maximum atomic E-state index is 13.2. The van der Waals surface area contributed by atoms with Crippen molar-refractivity contribution in [1.82, 2.24) is 9.80 Å². The molecule has 18 heteroatoms. The third-order valence-electron chi connectivity index (χ3n) is 13.0. The molecule has 2 aromatic heterocycles. The molecular formula is C48H58BClN6O10. The quantitative estimate of drug-likeness (QED) is 0.115. The van der Waals surface area contributed by atoms with Crippen molar-refractivity contribution in [3.8, 4) is 0 Å². The number of amides is 6. The molecule has 350 valence electrons. The van der Waals surface area contributed by atoms with Gasteiger partial charge >= 0.3 is 12.5 Å². The van der Waals surface area contributed by atoms with Crippen molar-refractivity contribution in [3.05, 3.63) is 90.3 Å². The molecule has 2 atom stereocenters. The first kappa shape index (κ1) is 48.0. The molecule has 3 saturated heterocycles. The molecule has 0 bridgehead atoms. The number of hydrogen-bond acceptors (Lipinski definition) is 10. The number of hydrogen-bond donors (Lipinski definition) is 0. The van der Waals surface area contributed by atoms with Gasteiger partial charge in [-0.2, -0.15) is 0 Å². The molecule has 0 N–H and O–H groups in total. The normalized spacial score (nSPS) is 20.5. The summed E-state index contributed by atoms with van der Waals surface area (Å²) in [6, 6.07) is 17.1. The summed E-state index contributed by atoms with van der Waals surface area (Å²) in [5.41, 5.74) is 2.87. The Kier molecular flexibility index (Phi) is 14.2. The van der Waals surface area contributed by atoms with E-state index in [1.165, 1.54) is 26.4 Å². The Morgan fingerprint density at radius 1 is 0.591 bits per heavy atom. The number of furan rings is 2. The molecule has 6 amide bonds. The SMILES string of the molecule is CC(=O)N1c2ccc(B3OC(C)(C)C(C)(C)O3)cc2N(C(=O)c2ccco2)C[C@@H]1C.CC(=O)N1c2ccc(C(=O)N3CCCC3)cc2N(C(=O)c2ccco2)C[C@@H]1C.O=C(Cl)N1CCCC1. The van der Waals surface area contributed by atoms with Gasteiger partial charge in [0.2, 0.25) is 11.8 Å². The summed E-state index contributed by atoms with van der Waals surface area (Å²) in [7, 11) is -0.564. The monoisotopic (exact) mass is 924 g/mol. The van der Waals surface area contributed by atoms with E-state index in [-0.39, 0.29) is 58.5 Å². The molecule has 5 aliphatic heterocycles. The van der Waals surface area contributed by atoms with Crippen LogP contribution in [0.25, 0.3) is 0 Å². The molecule has 9 rings (SSSR count). The van der Waals surface area contributed by atoms with Crippen LogP contribution in [0, 0.1) is 0 Å². The van der Waals surface area contributed by atoms with Gasteiger partial charge in [-0.1, -0.05) is 6.07 Å². The Bertz CT molecular complexity index is 2430. The van der Waals surface area contributed by atoms with Gasteiger partial charge in [-0.3, -0.25) is 28.8 Å². The minimum absolute atomic E-state index is 0.0429. The summed E-state index contributed by atoms with van der Waals surface area (Å²) >= 11 is 5.17. The van der Waals surface area contributed by atoms with Crippen LogP contribution in [0.15, 0.2) is 82.0 Å². The molecule has 4 aromatic rings. The molecular weight excluding hydrogens is 867 g/mol. The van der Waals surface area contributed by atoms with E-state index in [1.54, 1.807) is 67.0 Å². The number of likely N-dealkylation sites (tertiary alicyclic amines) is 2. The van der Waals surface area contributed by atoms with Gasteiger partial charge in [0.1, 0.15) is 0 Å². The van der Waals surface area contributed by atoms with Crippen molar-refractivity contribution >= 4 is 81.8 Å². The van der Waals surface area contributed by atoms with Crippen LogP contribution in [-0.4, -0.2) is 114 Å². The van der Waals surface area contributed by atoms with Crippen molar-refractivity contribution in [3.63, 3.8) is 0 Å². The molecule has 3 fully saturated rings. The summed E-state index contributed by atoms with van der Waals surface area (Å²) in [4.78, 5) is 84.1. The third kappa shape index (κ3) is 9.79. The zero-order valence-corrected chi connectivity index (χ0v) is 39.6. The lowest BCUT2D eigenvalue weighted by molar-refractivity contribution is -0.117. The van der Waals surface area contributed by atoms with Crippen molar-refractivity contribution < 1.29 is 46.9 Å². The van der Waals surface area contributed by atoms with Gasteiger partial charge in [-0.05, 0) is 139 Å². The van der Waals surface area contributed by atoms with Crippen LogP contribution in [-0.2, 0) is 18.9 Å². The molecule has 0 spiro atoms. The van der Waals surface area contributed by atoms with Gasteiger partial charge in [-0.25, -0.2) is 0 Å². The summed E-state index contributed by atoms with van der Waals surface area (Å²) in [6.07, 6.45) is 7.17. The van der Waals surface area contributed by atoms with E-state index < -0.39 is 18.3 Å². The smallest absolute Gasteiger partial charge is 0.459 e. The second-order valence-corrected chi connectivity index (χ2v) is 18.6. The van der Waals surface area contributed by atoms with E-state index in [9.17, 15) is 28.8 Å². The highest BCUT2D eigenvalue weighted by atomic mass is 35.5. The number of carbonyl (C=O) groups is 6. The first-order chi connectivity index (χ1) is 31.3. The minimum Gasteiger partial charge on any atom is -0.459 e. The predicted octanol–water partition coefficient (Wildman–Crippen LogP) is 7.34. The van der Waals surface area contributed by atoms with Crippen LogP contribution in [0.2, 0.25) is 0 Å². The van der Waals surface area contributed by atoms with Crippen molar-refractivity contribution in [2.45, 2.75) is 104 Å². The van der Waals surface area contributed by atoms with E-state index in [0.29, 0.717) is 41.4 Å². The number of halogens is 1. The van der Waals surface area contributed by atoms with E-state index in [1.807, 2.05) is 64.6 Å². The molecule has 0 radical (unpaired) electrons. The lowest BCUT2D eigenvalue weighted by Gasteiger charge is -2.40. The van der Waals surface area contributed by atoms with Crippen molar-refractivity contribution in [2.75, 3.05) is 58.9 Å². The topological polar surface area (TPSA) is 167 Å². The second kappa shape index (κ2) is 19.5. The Morgan fingerprint density at radius 2 is 1.03 bits per heavy atom. The zero-order chi connectivity index (χ0) is 47.7. The lowest BCUT2D eigenvalue weighted by atomic mass is 9.78. The molecule has 0 aliphatic carbocycles. The number of carbonyl (C=O) groups excluding carboxylic acids is 6. The molecule has 5 aliphatic rings. The second-order valence-electron chi connectivity index (χ2n) is 18.2. The maximum absolute atomic E-state index is 13.2. The van der Waals surface area contributed by atoms with Gasteiger partial charge in [0.15, 0.2) is 11.5 Å². The van der Waals surface area contributed by atoms with Crippen LogP contribution in [0.3, 0.4) is 0 Å². The first-order valence-electron chi connectivity index (χ1n) is 22.5. The van der Waals surface area contributed by atoms with Crippen LogP contribution >= 0.6 is 11.6 Å². The summed E-state index contributed by atoms with van der Waals surface area (Å²) in [5.74, 6) is -0.265. The summed E-state index contributed by atoms with van der Waals surface area (Å²) in [6.45, 7) is 18.7. The number of anilines is 4. The average molecular weight is 925 g/mol. The third-order valence-corrected chi connectivity index (χ3v) is 13.2. The highest BCUT2D eigenvalue weighted by Crippen LogP contribution is 2.40. The highest BCUT2D eigenvalue weighted by molar-refractivity contribution is 6.63. The fourth-order valence-electron chi connectivity index (χ4n) is 8.93. The highest BCUT2D eigenvalue weighted by Gasteiger charge is 2.52. The van der Waals surface area contributed by atoms with Crippen LogP contribution in [0.5, 0.6) is 0 Å². The van der Waals surface area contributed by atoms with E-state index >= 15 is 0 Å². The Morgan fingerprint density at radius 3 is 1.44 bits per heavy atom. The Hall–Kier alpha value is -5.91. The van der Waals surface area contributed by atoms with Crippen LogP contribution < -0.4 is 25.1 Å². The van der Waals surface area contributed by atoms with Crippen molar-refractivity contribution in [2.24, 2.45) is 0 Å². The molecule has 66 heavy (non-hydrogen) atoms. The Balaban J connectivity index is 0.000000168. The van der Waals surface area contributed by atoms with Crippen LogP contribution in [0.4, 0.5) is 27.5 Å². The van der Waals surface area contributed by atoms with Gasteiger partial charge in [0.25, 0.3) is 17.7 Å². The maximum Gasteiger partial charge on any atom is 0.494 e. The van der Waals surface area contributed by atoms with Gasteiger partial charge in [-0.15, -0.1) is 0 Å². The minimum atomic E-state index is -0.564. The number of fused-ring (bicyclic) bond motifs is 2. The van der Waals surface area contributed by atoms with Gasteiger partial charge in [0, 0.05) is 58.7 Å². The predicted molar refractivity (Wildman–Crippen MR) is 252 cm³/mol. The molecule has 2 aromatic carbocycles. The fourth-order valence-corrected chi connectivity index (χ4v) is 9.10.